The molecule has 116 valence electrons. The van der Waals surface area contributed by atoms with Crippen molar-refractivity contribution >= 4 is 91.5 Å². The summed E-state index contributed by atoms with van der Waals surface area (Å²) in [5, 5.41) is 0. The molecular weight excluding hydrogens is 462 g/mol. The van der Waals surface area contributed by atoms with Gasteiger partial charge >= 0.3 is 66.9 Å². The number of thiocarbonyl (C=S) groups is 3. The van der Waals surface area contributed by atoms with E-state index in [1.807, 2.05) is 0 Å². The van der Waals surface area contributed by atoms with Crippen molar-refractivity contribution in [2.75, 3.05) is 0 Å². The number of aryl methyl sites for hydroxylation is 1. The van der Waals surface area contributed by atoms with Gasteiger partial charge < -0.3 is 91.7 Å². The number of nitrogens with two attached hydrogens (primary N) is 3. The fourth-order valence-electron chi connectivity index (χ4n) is 0.796. The first-order chi connectivity index (χ1) is 9.54. The first-order valence-corrected chi connectivity index (χ1v) is 8.64. The van der Waals surface area contributed by atoms with Gasteiger partial charge in [-0.1, -0.05) is 13.0 Å². The summed E-state index contributed by atoms with van der Waals surface area (Å²) in [6.07, 6.45) is 1.15. The van der Waals surface area contributed by atoms with E-state index >= 15 is 0 Å². The number of hydrogen-bond donors (Lipinski definition) is 3. The van der Waals surface area contributed by atoms with Crippen LogP contribution in [-0.2, 0) is 64.1 Å². The van der Waals surface area contributed by atoms with Gasteiger partial charge in [-0.2, -0.15) is 0 Å². The summed E-state index contributed by atoms with van der Waals surface area (Å²) in [7, 11) is 0. The molecule has 0 aromatic heterocycles. The molecule has 3 nitrogen and oxygen atoms in total. The third kappa shape index (κ3) is 38.4. The second-order valence-corrected chi connectivity index (χ2v) is 7.41. The van der Waals surface area contributed by atoms with Crippen LogP contribution in [0.3, 0.4) is 0 Å². The summed E-state index contributed by atoms with van der Waals surface area (Å²) in [5.74, 6) is 0. The van der Waals surface area contributed by atoms with Crippen molar-refractivity contribution in [3.8, 4) is 0 Å². The van der Waals surface area contributed by atoms with E-state index in [-0.39, 0.29) is 13.0 Å². The van der Waals surface area contributed by atoms with Crippen LogP contribution < -0.4 is 21.2 Å². The Labute approximate surface area is 170 Å². The predicted molar refractivity (Wildman–Crippen MR) is 108 cm³/mol. The molecule has 1 aromatic rings. The summed E-state index contributed by atoms with van der Waals surface area (Å²) < 4.78 is 1.66. The van der Waals surface area contributed by atoms with E-state index in [0.29, 0.717) is 0 Å². The molecule has 0 aliphatic carbocycles. The second kappa shape index (κ2) is 18.3. The fourth-order valence-corrected chi connectivity index (χ4v) is 1.51. The largest absolute Gasteiger partial charge is 0.415 e. The van der Waals surface area contributed by atoms with Gasteiger partial charge in [-0.3, -0.25) is 0 Å². The summed E-state index contributed by atoms with van der Waals surface area (Å²) in [6.45, 7) is 2.18. The van der Waals surface area contributed by atoms with Gasteiger partial charge in [-0.25, -0.2) is 0 Å². The minimum atomic E-state index is 0.0833. The number of hydrogen-bond acceptors (Lipinski definition) is 6. The maximum Gasteiger partial charge on any atom is -0.0708 e. The molecule has 1 aromatic carbocycles. The summed E-state index contributed by atoms with van der Waals surface area (Å²) in [6, 6.07) is 8.51. The van der Waals surface area contributed by atoms with Crippen molar-refractivity contribution in [2.45, 2.75) is 13.3 Å². The molecule has 0 atom stereocenters. The molecule has 21 heavy (non-hydrogen) atoms. The molecule has 0 radical (unpaired) electrons. The van der Waals surface area contributed by atoms with Crippen LogP contribution in [0, 0.1) is 0 Å². The molecule has 0 heterocycles. The average Bonchev–Trinajstić information content (AvgIpc) is 2.27. The molecule has 0 saturated heterocycles. The van der Waals surface area contributed by atoms with Crippen LogP contribution in [0.4, 0.5) is 0 Å². The van der Waals surface area contributed by atoms with Crippen LogP contribution in [0.5, 0.6) is 0 Å². The third-order valence-corrected chi connectivity index (χ3v) is 2.33. The van der Waals surface area contributed by atoms with Crippen LogP contribution in [0.2, 0.25) is 0 Å². The molecule has 0 saturated carbocycles. The topological polar surface area (TPSA) is 78.1 Å². The van der Waals surface area contributed by atoms with Gasteiger partial charge in [0.25, 0.3) is 0 Å². The normalized spacial score (nSPS) is 7.43. The number of rotatable bonds is 1. The van der Waals surface area contributed by atoms with Crippen LogP contribution in [0.1, 0.15) is 12.5 Å². The molecule has 0 aliphatic heterocycles. The van der Waals surface area contributed by atoms with Crippen LogP contribution in [-0.4, -0.2) is 13.0 Å². The Balaban J connectivity index is -0.000000230. The van der Waals surface area contributed by atoms with Gasteiger partial charge in [0.15, 0.2) is 0 Å². The molecule has 0 aliphatic rings. The van der Waals surface area contributed by atoms with Gasteiger partial charge in [-0.05, 0) is 0 Å². The third-order valence-electron chi connectivity index (χ3n) is 1.35. The van der Waals surface area contributed by atoms with E-state index in [2.05, 4.69) is 143 Å². The van der Waals surface area contributed by atoms with E-state index < -0.39 is 0 Å². The molecule has 0 bridgehead atoms. The van der Waals surface area contributed by atoms with Crippen molar-refractivity contribution < 1.29 is 19.8 Å². The van der Waals surface area contributed by atoms with E-state index in [0.717, 1.165) is 6.42 Å². The molecular formula is C11H15MoN3S6. The zero-order valence-corrected chi connectivity index (χ0v) is 18.0. The maximum atomic E-state index is 4.66. The Hall–Kier alpha value is 0.238. The predicted octanol–water partition coefficient (Wildman–Crippen LogP) is 0.752. The van der Waals surface area contributed by atoms with E-state index in [1.165, 1.54) is 9.52 Å². The Morgan fingerprint density at radius 1 is 0.952 bits per heavy atom. The SMILES string of the molecule is CCc1cccc[c]1[Mo+3].NC(=S)[S-].NC(=S)[S-].NC(=S)[S-]. The Morgan fingerprint density at radius 3 is 1.43 bits per heavy atom. The Bertz CT molecular complexity index is 401. The van der Waals surface area contributed by atoms with Crippen LogP contribution >= 0.6 is 36.7 Å². The van der Waals surface area contributed by atoms with Crippen molar-refractivity contribution in [1.82, 2.24) is 0 Å². The molecule has 0 amide bonds. The zero-order chi connectivity index (χ0) is 17.4. The Kier molecular flexibility index (Phi) is 22.8. The molecule has 6 N–H and O–H groups in total. The molecule has 0 unspecified atom stereocenters. The average molecular weight is 478 g/mol. The zero-order valence-electron chi connectivity index (χ0n) is 11.1. The van der Waals surface area contributed by atoms with Gasteiger partial charge in [0.05, 0.1) is 0 Å². The number of benzene rings is 1. The maximum absolute atomic E-state index is 4.66. The molecule has 1 rings (SSSR count). The standard InChI is InChI=1S/C8H9.3CH3NS2.Mo/c1-2-8-6-4-3-5-7-8;3*2-1(3)4;/h3-6H,2H2,1H3;3*(H3,2,3,4);/q;;;;+3/p-3. The fraction of sp³-hybridized carbons (Fsp3) is 0.182. The smallest absolute Gasteiger partial charge is 0.0708 e. The Morgan fingerprint density at radius 2 is 1.24 bits per heavy atom. The first kappa shape index (κ1) is 26.2. The van der Waals surface area contributed by atoms with Gasteiger partial charge in [0, 0.05) is 0 Å². The summed E-state index contributed by atoms with van der Waals surface area (Å²) in [5.41, 5.74) is 15.4. The van der Waals surface area contributed by atoms with E-state index in [1.54, 1.807) is 0 Å². The molecule has 0 fully saturated rings. The monoisotopic (exact) mass is 479 g/mol. The van der Waals surface area contributed by atoms with Crippen LogP contribution in [0.25, 0.3) is 0 Å². The van der Waals surface area contributed by atoms with E-state index in [9.17, 15) is 0 Å². The summed E-state index contributed by atoms with van der Waals surface area (Å²) in [4.78, 5) is 0. The molecule has 10 heteroatoms. The van der Waals surface area contributed by atoms with Crippen molar-refractivity contribution in [3.05, 3.63) is 29.8 Å². The van der Waals surface area contributed by atoms with Gasteiger partial charge in [0.1, 0.15) is 0 Å². The quantitative estimate of drug-likeness (QED) is 0.309. The second-order valence-electron chi connectivity index (χ2n) is 2.92. The minimum absolute atomic E-state index is 0.0833. The van der Waals surface area contributed by atoms with Gasteiger partial charge in [0.2, 0.25) is 0 Å². The first-order valence-electron chi connectivity index (χ1n) is 5.18. The van der Waals surface area contributed by atoms with Crippen molar-refractivity contribution in [2.24, 2.45) is 17.2 Å². The molecule has 0 spiro atoms. The van der Waals surface area contributed by atoms with E-state index in [4.69, 9.17) is 0 Å². The van der Waals surface area contributed by atoms with Gasteiger partial charge in [-0.15, -0.1) is 0 Å². The van der Waals surface area contributed by atoms with Crippen LogP contribution in [0.15, 0.2) is 24.3 Å². The minimum Gasteiger partial charge on any atom is -0.415 e. The van der Waals surface area contributed by atoms with Crippen molar-refractivity contribution in [1.29, 1.82) is 0 Å². The van der Waals surface area contributed by atoms with Crippen molar-refractivity contribution in [3.63, 3.8) is 0 Å². The summed E-state index contributed by atoms with van der Waals surface area (Å²) >= 11 is 26.9.